The summed E-state index contributed by atoms with van der Waals surface area (Å²) in [6, 6.07) is 17.4. The Hall–Kier alpha value is -2.61. The number of hydrogen-bond acceptors (Lipinski definition) is 1. The van der Waals surface area contributed by atoms with Crippen molar-refractivity contribution in [1.82, 2.24) is 0 Å². The van der Waals surface area contributed by atoms with Crippen LogP contribution in [-0.4, -0.2) is 0 Å². The monoisotopic (exact) mass is 314 g/mol. The van der Waals surface area contributed by atoms with Gasteiger partial charge in [-0.3, -0.25) is 0 Å². The molecule has 0 radical (unpaired) electrons. The molecule has 2 aromatic carbocycles. The average molecular weight is 314 g/mol. The number of aromatic nitrogens is 1. The van der Waals surface area contributed by atoms with Crippen molar-refractivity contribution < 1.29 is 8.98 Å². The van der Waals surface area contributed by atoms with Gasteiger partial charge in [-0.1, -0.05) is 38.1 Å². The summed E-state index contributed by atoms with van der Waals surface area (Å²) in [4.78, 5) is 0. The van der Waals surface area contributed by atoms with Crippen molar-refractivity contribution in [2.75, 3.05) is 0 Å². The summed E-state index contributed by atoms with van der Waals surface area (Å²) in [7, 11) is 0. The lowest BCUT2D eigenvalue weighted by Crippen LogP contribution is -2.31. The third kappa shape index (κ3) is 1.86. The Balaban J connectivity index is 1.86. The first-order valence-corrected chi connectivity index (χ1v) is 8.67. The Bertz CT molecular complexity index is 1090. The predicted molar refractivity (Wildman–Crippen MR) is 97.0 cm³/mol. The fourth-order valence-electron chi connectivity index (χ4n) is 4.00. The van der Waals surface area contributed by atoms with E-state index in [4.69, 9.17) is 4.42 Å². The largest absolute Gasteiger partial charge is 0.455 e. The Morgan fingerprint density at radius 1 is 0.958 bits per heavy atom. The minimum atomic E-state index is 0.616. The summed E-state index contributed by atoms with van der Waals surface area (Å²) in [6.07, 6.45) is 3.19. The first-order valence-electron chi connectivity index (χ1n) is 8.67. The second-order valence-electron chi connectivity index (χ2n) is 7.18. The average Bonchev–Trinajstić information content (AvgIpc) is 3.12. The molecule has 0 bridgehead atoms. The number of benzene rings is 2. The molecule has 0 amide bonds. The number of para-hydroxylation sites is 1. The molecule has 0 atom stereocenters. The van der Waals surface area contributed by atoms with E-state index in [1.807, 2.05) is 0 Å². The van der Waals surface area contributed by atoms with Gasteiger partial charge in [-0.05, 0) is 30.0 Å². The molecule has 0 saturated heterocycles. The molecule has 0 spiro atoms. The second kappa shape index (κ2) is 4.94. The molecule has 0 unspecified atom stereocenters. The number of nitrogens with zero attached hydrogens (tertiary/aromatic N) is 1. The highest BCUT2D eigenvalue weighted by Gasteiger charge is 2.29. The fourth-order valence-corrected chi connectivity index (χ4v) is 4.00. The summed E-state index contributed by atoms with van der Waals surface area (Å²) < 4.78 is 8.77. The van der Waals surface area contributed by atoms with Gasteiger partial charge in [-0.2, -0.15) is 4.57 Å². The molecule has 2 nitrogen and oxygen atoms in total. The van der Waals surface area contributed by atoms with Crippen molar-refractivity contribution in [3.05, 3.63) is 65.9 Å². The second-order valence-corrected chi connectivity index (χ2v) is 7.18. The van der Waals surface area contributed by atoms with E-state index in [9.17, 15) is 0 Å². The molecule has 5 rings (SSSR count). The molecule has 3 heterocycles. The van der Waals surface area contributed by atoms with Crippen LogP contribution in [0.3, 0.4) is 0 Å². The third-order valence-corrected chi connectivity index (χ3v) is 5.00. The van der Waals surface area contributed by atoms with E-state index < -0.39 is 0 Å². The topological polar surface area (TPSA) is 17.0 Å². The van der Waals surface area contributed by atoms with Crippen LogP contribution in [0, 0.1) is 5.92 Å². The quantitative estimate of drug-likeness (QED) is 0.414. The molecule has 4 aromatic rings. The zero-order valence-corrected chi connectivity index (χ0v) is 14.0. The zero-order valence-electron chi connectivity index (χ0n) is 14.0. The first-order chi connectivity index (χ1) is 11.7. The highest BCUT2D eigenvalue weighted by atomic mass is 16.3. The number of fused-ring (bicyclic) bond motifs is 7. The van der Waals surface area contributed by atoms with Crippen LogP contribution in [0.25, 0.3) is 33.2 Å². The van der Waals surface area contributed by atoms with Crippen molar-refractivity contribution in [3.8, 4) is 11.3 Å². The van der Waals surface area contributed by atoms with Crippen LogP contribution >= 0.6 is 0 Å². The van der Waals surface area contributed by atoms with E-state index in [-0.39, 0.29) is 0 Å². The van der Waals surface area contributed by atoms with Gasteiger partial charge in [0.2, 0.25) is 5.69 Å². The number of furan rings is 1. The molecule has 0 fully saturated rings. The SMILES string of the molecule is CC(C)Cc1cccc2c1oc1c3c(ccc12)C[n+]1ccccc1-3. The molecular weight excluding hydrogens is 294 g/mol. The lowest BCUT2D eigenvalue weighted by molar-refractivity contribution is -0.672. The lowest BCUT2D eigenvalue weighted by atomic mass is 9.99. The normalized spacial score (nSPS) is 13.0. The van der Waals surface area contributed by atoms with Crippen LogP contribution in [0.2, 0.25) is 0 Å². The van der Waals surface area contributed by atoms with Gasteiger partial charge in [-0.15, -0.1) is 0 Å². The molecular formula is C22H20NO+. The van der Waals surface area contributed by atoms with Crippen molar-refractivity contribution in [2.45, 2.75) is 26.8 Å². The van der Waals surface area contributed by atoms with Crippen LogP contribution in [-0.2, 0) is 13.0 Å². The number of pyridine rings is 1. The van der Waals surface area contributed by atoms with Crippen molar-refractivity contribution in [3.63, 3.8) is 0 Å². The van der Waals surface area contributed by atoms with Crippen LogP contribution in [0.4, 0.5) is 0 Å². The van der Waals surface area contributed by atoms with Crippen molar-refractivity contribution >= 4 is 21.9 Å². The molecule has 24 heavy (non-hydrogen) atoms. The minimum Gasteiger partial charge on any atom is -0.455 e. The van der Waals surface area contributed by atoms with Crippen LogP contribution in [0.5, 0.6) is 0 Å². The zero-order chi connectivity index (χ0) is 16.3. The van der Waals surface area contributed by atoms with E-state index in [0.717, 1.165) is 24.1 Å². The van der Waals surface area contributed by atoms with E-state index in [0.29, 0.717) is 5.92 Å². The Kier molecular flexibility index (Phi) is 2.84. The summed E-state index contributed by atoms with van der Waals surface area (Å²) >= 11 is 0. The molecule has 1 aliphatic rings. The maximum Gasteiger partial charge on any atom is 0.217 e. The molecule has 2 heteroatoms. The molecule has 1 aliphatic heterocycles. The van der Waals surface area contributed by atoms with Crippen molar-refractivity contribution in [2.24, 2.45) is 5.92 Å². The molecule has 0 N–H and O–H groups in total. The lowest BCUT2D eigenvalue weighted by Gasteiger charge is -2.04. The maximum atomic E-state index is 6.47. The predicted octanol–water partition coefficient (Wildman–Crippen LogP) is 5.10. The van der Waals surface area contributed by atoms with E-state index >= 15 is 0 Å². The summed E-state index contributed by atoms with van der Waals surface area (Å²) in [5, 5.41) is 2.46. The van der Waals surface area contributed by atoms with Gasteiger partial charge in [0.05, 0.1) is 5.56 Å². The summed E-state index contributed by atoms with van der Waals surface area (Å²) in [5.41, 5.74) is 7.27. The van der Waals surface area contributed by atoms with Crippen LogP contribution in [0.15, 0.2) is 59.1 Å². The van der Waals surface area contributed by atoms with Gasteiger partial charge < -0.3 is 4.42 Å². The highest BCUT2D eigenvalue weighted by molar-refractivity contribution is 6.10. The van der Waals surface area contributed by atoms with Crippen LogP contribution < -0.4 is 4.57 Å². The molecule has 0 aliphatic carbocycles. The molecule has 0 saturated carbocycles. The smallest absolute Gasteiger partial charge is 0.217 e. The van der Waals surface area contributed by atoms with Crippen molar-refractivity contribution in [1.29, 1.82) is 0 Å². The van der Waals surface area contributed by atoms with Gasteiger partial charge in [0.15, 0.2) is 12.7 Å². The van der Waals surface area contributed by atoms with Crippen LogP contribution in [0.1, 0.15) is 25.0 Å². The summed E-state index contributed by atoms with van der Waals surface area (Å²) in [6.45, 7) is 5.44. The fraction of sp³-hybridized carbons (Fsp3) is 0.227. The molecule has 2 aromatic heterocycles. The van der Waals surface area contributed by atoms with E-state index in [2.05, 4.69) is 73.1 Å². The van der Waals surface area contributed by atoms with Gasteiger partial charge >= 0.3 is 0 Å². The van der Waals surface area contributed by atoms with E-state index in [1.165, 1.54) is 33.2 Å². The first kappa shape index (κ1) is 13.8. The molecule has 118 valence electrons. The standard InChI is InChI=1S/C22H20NO/c1-14(2)12-15-6-5-7-17-18-10-9-16-13-23-11-4-3-8-19(23)20(16)22(18)24-21(15)17/h3-11,14H,12-13H2,1-2H3/q+1. The number of hydrogen-bond donors (Lipinski definition) is 0. The number of rotatable bonds is 2. The van der Waals surface area contributed by atoms with Gasteiger partial charge in [0, 0.05) is 28.5 Å². The Morgan fingerprint density at radius 3 is 2.71 bits per heavy atom. The summed E-state index contributed by atoms with van der Waals surface area (Å²) in [5.74, 6) is 0.616. The Labute approximate surface area is 141 Å². The maximum absolute atomic E-state index is 6.47. The van der Waals surface area contributed by atoms with Gasteiger partial charge in [-0.25, -0.2) is 0 Å². The Morgan fingerprint density at radius 2 is 1.83 bits per heavy atom. The third-order valence-electron chi connectivity index (χ3n) is 5.00. The van der Waals surface area contributed by atoms with Gasteiger partial charge in [0.1, 0.15) is 11.2 Å². The highest BCUT2D eigenvalue weighted by Crippen LogP contribution is 2.40. The van der Waals surface area contributed by atoms with Gasteiger partial charge in [0.25, 0.3) is 0 Å². The minimum absolute atomic E-state index is 0.616. The van der Waals surface area contributed by atoms with E-state index in [1.54, 1.807) is 0 Å².